The largest absolute Gasteiger partial charge is 0.352 e. The average Bonchev–Trinajstić information content (AvgIpc) is 3.34. The fourth-order valence-corrected chi connectivity index (χ4v) is 5.68. The number of hydrogen-bond acceptors (Lipinski definition) is 4. The summed E-state index contributed by atoms with van der Waals surface area (Å²) < 4.78 is -0.452. The van der Waals surface area contributed by atoms with Crippen LogP contribution in [-0.2, 0) is 9.59 Å². The lowest BCUT2D eigenvalue weighted by atomic mass is 9.98. The van der Waals surface area contributed by atoms with Gasteiger partial charge in [0.05, 0.1) is 0 Å². The Balaban J connectivity index is 1.57. The van der Waals surface area contributed by atoms with Crippen LogP contribution in [0, 0.1) is 5.92 Å². The van der Waals surface area contributed by atoms with Gasteiger partial charge in [-0.25, -0.2) is 0 Å². The van der Waals surface area contributed by atoms with Crippen molar-refractivity contribution < 1.29 is 14.4 Å². The number of thioether (sulfide) groups is 1. The summed E-state index contributed by atoms with van der Waals surface area (Å²) in [6.07, 6.45) is 2.00. The van der Waals surface area contributed by atoms with Crippen LogP contribution in [0.15, 0.2) is 24.3 Å². The second kappa shape index (κ2) is 6.79. The summed E-state index contributed by atoms with van der Waals surface area (Å²) in [5.74, 6) is -0.544. The maximum Gasteiger partial charge on any atom is 0.256 e. The minimum Gasteiger partial charge on any atom is -0.352 e. The summed E-state index contributed by atoms with van der Waals surface area (Å²) in [5.41, 5.74) is 1.63. The van der Waals surface area contributed by atoms with Crippen LogP contribution < -0.4 is 10.6 Å². The van der Waals surface area contributed by atoms with Crippen molar-refractivity contribution in [1.82, 2.24) is 15.5 Å². The van der Waals surface area contributed by atoms with Crippen LogP contribution in [0.2, 0.25) is 0 Å². The van der Waals surface area contributed by atoms with Gasteiger partial charge in [-0.1, -0.05) is 32.0 Å². The molecule has 1 aromatic rings. The molecule has 28 heavy (non-hydrogen) atoms. The third kappa shape index (κ3) is 3.19. The van der Waals surface area contributed by atoms with Crippen molar-refractivity contribution in [3.8, 4) is 0 Å². The van der Waals surface area contributed by atoms with Gasteiger partial charge in [-0.05, 0) is 44.2 Å². The van der Waals surface area contributed by atoms with Gasteiger partial charge < -0.3 is 15.5 Å². The van der Waals surface area contributed by atoms with E-state index in [-0.39, 0.29) is 35.1 Å². The minimum atomic E-state index is -0.627. The van der Waals surface area contributed by atoms with Crippen LogP contribution in [0.25, 0.3) is 0 Å². The molecule has 1 saturated heterocycles. The molecule has 2 N–H and O–H groups in total. The third-order valence-electron chi connectivity index (χ3n) is 5.72. The van der Waals surface area contributed by atoms with Crippen LogP contribution in [-0.4, -0.2) is 45.5 Å². The molecule has 2 fully saturated rings. The molecule has 6 nitrogen and oxygen atoms in total. The summed E-state index contributed by atoms with van der Waals surface area (Å²) in [5, 5.41) is 5.77. The van der Waals surface area contributed by atoms with Crippen molar-refractivity contribution in [3.05, 3.63) is 35.4 Å². The highest BCUT2D eigenvalue weighted by Crippen LogP contribution is 2.56. The first-order chi connectivity index (χ1) is 13.2. The van der Waals surface area contributed by atoms with E-state index in [1.165, 1.54) is 0 Å². The van der Waals surface area contributed by atoms with Gasteiger partial charge in [0, 0.05) is 16.4 Å². The van der Waals surface area contributed by atoms with Crippen LogP contribution in [0.5, 0.6) is 0 Å². The zero-order chi connectivity index (χ0) is 20.2. The van der Waals surface area contributed by atoms with Crippen LogP contribution >= 0.6 is 11.8 Å². The smallest absolute Gasteiger partial charge is 0.256 e. The number of nitrogens with zero attached hydrogens (tertiary/aromatic N) is 1. The Morgan fingerprint density at radius 3 is 2.54 bits per heavy atom. The summed E-state index contributed by atoms with van der Waals surface area (Å²) >= 11 is 1.63. The molecule has 2 aliphatic heterocycles. The topological polar surface area (TPSA) is 78.5 Å². The van der Waals surface area contributed by atoms with E-state index in [4.69, 9.17) is 0 Å². The van der Waals surface area contributed by atoms with E-state index in [2.05, 4.69) is 10.6 Å². The van der Waals surface area contributed by atoms with Gasteiger partial charge in [0.25, 0.3) is 5.91 Å². The van der Waals surface area contributed by atoms with Gasteiger partial charge in [-0.3, -0.25) is 14.4 Å². The van der Waals surface area contributed by atoms with Crippen LogP contribution in [0.4, 0.5) is 0 Å². The van der Waals surface area contributed by atoms with Gasteiger partial charge >= 0.3 is 0 Å². The standard InChI is InChI=1S/C21H27N3O3S/c1-11(2)15(17(25)22-12-9-10-12)23-18(26)16-21(3,4)28-20-14-8-6-5-7-13(14)19(27)24(16)20/h5-8,11-12,15-16,20H,9-10H2,1-4H3,(H,22,25)(H,23,26). The minimum absolute atomic E-state index is 0.0397. The molecular formula is C21H27N3O3S. The monoisotopic (exact) mass is 401 g/mol. The van der Waals surface area contributed by atoms with Crippen molar-refractivity contribution in [3.63, 3.8) is 0 Å². The summed E-state index contributed by atoms with van der Waals surface area (Å²) in [4.78, 5) is 40.7. The van der Waals surface area contributed by atoms with E-state index < -0.39 is 16.8 Å². The zero-order valence-corrected chi connectivity index (χ0v) is 17.5. The normalized spacial score (nSPS) is 26.0. The van der Waals surface area contributed by atoms with Gasteiger partial charge in [-0.15, -0.1) is 11.8 Å². The Hall–Kier alpha value is -2.02. The van der Waals surface area contributed by atoms with Crippen molar-refractivity contribution in [2.45, 2.75) is 68.8 Å². The highest BCUT2D eigenvalue weighted by atomic mass is 32.2. The number of fused-ring (bicyclic) bond motifs is 3. The lowest BCUT2D eigenvalue weighted by Crippen LogP contribution is -2.58. The third-order valence-corrected chi connectivity index (χ3v) is 7.25. The first-order valence-electron chi connectivity index (χ1n) is 9.91. The fraction of sp³-hybridized carbons (Fsp3) is 0.571. The van der Waals surface area contributed by atoms with Gasteiger partial charge in [-0.2, -0.15) is 0 Å². The van der Waals surface area contributed by atoms with E-state index in [9.17, 15) is 14.4 Å². The average molecular weight is 402 g/mol. The maximum atomic E-state index is 13.3. The van der Waals surface area contributed by atoms with Gasteiger partial charge in [0.15, 0.2) is 0 Å². The predicted molar refractivity (Wildman–Crippen MR) is 109 cm³/mol. The molecule has 1 aromatic carbocycles. The Kier molecular flexibility index (Phi) is 4.68. The Morgan fingerprint density at radius 1 is 1.21 bits per heavy atom. The SMILES string of the molecule is CC(C)C(NC(=O)C1N2C(=O)c3ccccc3C2SC1(C)C)C(=O)NC1CC1. The van der Waals surface area contributed by atoms with Gasteiger partial charge in [0.2, 0.25) is 11.8 Å². The zero-order valence-electron chi connectivity index (χ0n) is 16.7. The molecule has 0 radical (unpaired) electrons. The second-order valence-electron chi connectivity index (χ2n) is 8.79. The number of nitrogens with one attached hydrogen (secondary N) is 2. The van der Waals surface area contributed by atoms with Gasteiger partial charge in [0.1, 0.15) is 17.5 Å². The molecule has 1 aliphatic carbocycles. The summed E-state index contributed by atoms with van der Waals surface area (Å²) in [6.45, 7) is 7.83. The quantitative estimate of drug-likeness (QED) is 0.794. The highest BCUT2D eigenvalue weighted by Gasteiger charge is 2.57. The number of hydrogen-bond donors (Lipinski definition) is 2. The molecule has 150 valence electrons. The molecule has 3 atom stereocenters. The Labute approximate surface area is 169 Å². The molecule has 3 aliphatic rings. The van der Waals surface area contributed by atoms with E-state index in [0.717, 1.165) is 18.4 Å². The number of rotatable bonds is 5. The second-order valence-corrected chi connectivity index (χ2v) is 10.5. The highest BCUT2D eigenvalue weighted by molar-refractivity contribution is 8.01. The van der Waals surface area contributed by atoms with Crippen molar-refractivity contribution in [1.29, 1.82) is 0 Å². The summed E-state index contributed by atoms with van der Waals surface area (Å²) in [6, 6.07) is 6.56. The molecule has 3 unspecified atom stereocenters. The lowest BCUT2D eigenvalue weighted by Gasteiger charge is -2.32. The number of carbonyl (C=O) groups is 3. The molecule has 0 aromatic heterocycles. The molecule has 7 heteroatoms. The van der Waals surface area contributed by atoms with Crippen molar-refractivity contribution in [2.75, 3.05) is 0 Å². The van der Waals surface area contributed by atoms with E-state index >= 15 is 0 Å². The van der Waals surface area contributed by atoms with Crippen LogP contribution in [0.1, 0.15) is 61.8 Å². The fourth-order valence-electron chi connectivity index (χ4n) is 4.09. The first-order valence-corrected chi connectivity index (χ1v) is 10.8. The molecule has 0 spiro atoms. The van der Waals surface area contributed by atoms with E-state index in [0.29, 0.717) is 5.56 Å². The van der Waals surface area contributed by atoms with E-state index in [1.54, 1.807) is 16.7 Å². The molecule has 0 bridgehead atoms. The van der Waals surface area contributed by atoms with Crippen molar-refractivity contribution in [2.24, 2.45) is 5.92 Å². The number of carbonyl (C=O) groups excluding carboxylic acids is 3. The molecular weight excluding hydrogens is 374 g/mol. The first kappa shape index (κ1) is 19.3. The number of benzene rings is 1. The van der Waals surface area contributed by atoms with Crippen molar-refractivity contribution >= 4 is 29.5 Å². The molecule has 4 rings (SSSR count). The Bertz CT molecular complexity index is 834. The predicted octanol–water partition coefficient (Wildman–Crippen LogP) is 2.45. The maximum absolute atomic E-state index is 13.3. The molecule has 1 saturated carbocycles. The summed E-state index contributed by atoms with van der Waals surface area (Å²) in [7, 11) is 0. The van der Waals surface area contributed by atoms with Crippen LogP contribution in [0.3, 0.4) is 0 Å². The Morgan fingerprint density at radius 2 is 1.89 bits per heavy atom. The lowest BCUT2D eigenvalue weighted by molar-refractivity contribution is -0.132. The number of amides is 3. The molecule has 2 heterocycles. The van der Waals surface area contributed by atoms with E-state index in [1.807, 2.05) is 52.0 Å². The molecule has 3 amide bonds.